The number of aromatic nitrogens is 1. The smallest absolute Gasteiger partial charge is 0.0827 e. The molecular formula is C16H17NO. The van der Waals surface area contributed by atoms with Crippen molar-refractivity contribution in [3.63, 3.8) is 0 Å². The largest absolute Gasteiger partial charge is 0.388 e. The number of aliphatic hydroxyl groups is 1. The number of allylic oxidation sites excluding steroid dienone is 2. The second-order valence-electron chi connectivity index (χ2n) is 4.91. The minimum atomic E-state index is -0.386. The molecule has 0 saturated heterocycles. The third-order valence-electron chi connectivity index (χ3n) is 3.75. The number of benzene rings is 1. The molecule has 2 atom stereocenters. The summed E-state index contributed by atoms with van der Waals surface area (Å²) in [5.74, 6) is 0.334. The summed E-state index contributed by atoms with van der Waals surface area (Å²) in [5.41, 5.74) is 1.97. The van der Waals surface area contributed by atoms with Gasteiger partial charge in [-0.25, -0.2) is 0 Å². The van der Waals surface area contributed by atoms with Crippen LogP contribution in [0, 0.1) is 5.92 Å². The van der Waals surface area contributed by atoms with Crippen molar-refractivity contribution in [1.82, 2.24) is 4.98 Å². The predicted octanol–water partition coefficient (Wildman–Crippen LogP) is 3.62. The van der Waals surface area contributed by atoms with Crippen molar-refractivity contribution >= 4 is 10.9 Å². The van der Waals surface area contributed by atoms with E-state index in [0.29, 0.717) is 5.92 Å². The number of hydrogen-bond donors (Lipinski definition) is 1. The molecule has 2 heteroatoms. The Morgan fingerprint density at radius 3 is 2.94 bits per heavy atom. The normalized spacial score (nSPS) is 21.1. The van der Waals surface area contributed by atoms with Gasteiger partial charge >= 0.3 is 0 Å². The molecule has 0 amide bonds. The summed E-state index contributed by atoms with van der Waals surface area (Å²) in [4.78, 5) is 4.34. The molecule has 1 N–H and O–H groups in total. The van der Waals surface area contributed by atoms with Crippen LogP contribution in [0.4, 0.5) is 0 Å². The molecule has 0 radical (unpaired) electrons. The molecule has 2 nitrogen and oxygen atoms in total. The van der Waals surface area contributed by atoms with E-state index >= 15 is 0 Å². The first-order valence-corrected chi connectivity index (χ1v) is 6.53. The van der Waals surface area contributed by atoms with Crippen LogP contribution in [0.15, 0.2) is 48.7 Å². The summed E-state index contributed by atoms with van der Waals surface area (Å²) in [5, 5.41) is 11.7. The van der Waals surface area contributed by atoms with E-state index in [1.165, 1.54) is 0 Å². The van der Waals surface area contributed by atoms with Gasteiger partial charge in [0, 0.05) is 11.6 Å². The van der Waals surface area contributed by atoms with Crippen LogP contribution in [0.2, 0.25) is 0 Å². The number of aliphatic hydroxyl groups excluding tert-OH is 1. The van der Waals surface area contributed by atoms with Crippen molar-refractivity contribution in [2.45, 2.75) is 25.4 Å². The molecule has 0 spiro atoms. The van der Waals surface area contributed by atoms with E-state index in [-0.39, 0.29) is 6.10 Å². The van der Waals surface area contributed by atoms with Crippen LogP contribution in [0.3, 0.4) is 0 Å². The molecule has 2 aromatic rings. The zero-order valence-electron chi connectivity index (χ0n) is 10.3. The van der Waals surface area contributed by atoms with Gasteiger partial charge in [0.2, 0.25) is 0 Å². The number of nitrogens with zero attached hydrogens (tertiary/aromatic N) is 1. The number of pyridine rings is 1. The Morgan fingerprint density at radius 1 is 1.17 bits per heavy atom. The van der Waals surface area contributed by atoms with Gasteiger partial charge in [0.15, 0.2) is 0 Å². The standard InChI is InChI=1S/C16H17NO/c18-16(12-6-2-1-3-7-12)14-8-4-10-15-13(14)9-5-11-17-15/h1-2,4-5,8-12,16,18H,3,6-7H2. The highest BCUT2D eigenvalue weighted by Crippen LogP contribution is 2.34. The van der Waals surface area contributed by atoms with Gasteiger partial charge in [-0.1, -0.05) is 30.4 Å². The summed E-state index contributed by atoms with van der Waals surface area (Å²) in [7, 11) is 0. The summed E-state index contributed by atoms with van der Waals surface area (Å²) in [6, 6.07) is 9.96. The molecular weight excluding hydrogens is 222 g/mol. The molecule has 2 unspecified atom stereocenters. The van der Waals surface area contributed by atoms with Crippen LogP contribution < -0.4 is 0 Å². The van der Waals surface area contributed by atoms with E-state index < -0.39 is 0 Å². The van der Waals surface area contributed by atoms with Crippen molar-refractivity contribution in [1.29, 1.82) is 0 Å². The van der Waals surface area contributed by atoms with E-state index in [1.807, 2.05) is 30.3 Å². The fourth-order valence-electron chi connectivity index (χ4n) is 2.74. The minimum absolute atomic E-state index is 0.334. The molecule has 18 heavy (non-hydrogen) atoms. The monoisotopic (exact) mass is 239 g/mol. The number of rotatable bonds is 2. The second kappa shape index (κ2) is 4.91. The van der Waals surface area contributed by atoms with Gasteiger partial charge in [-0.2, -0.15) is 0 Å². The van der Waals surface area contributed by atoms with E-state index in [4.69, 9.17) is 0 Å². The first-order valence-electron chi connectivity index (χ1n) is 6.53. The fourth-order valence-corrected chi connectivity index (χ4v) is 2.74. The molecule has 1 aromatic heterocycles. The number of hydrogen-bond acceptors (Lipinski definition) is 2. The molecule has 92 valence electrons. The van der Waals surface area contributed by atoms with Gasteiger partial charge in [-0.3, -0.25) is 4.98 Å². The first kappa shape index (κ1) is 11.4. The Hall–Kier alpha value is -1.67. The third-order valence-corrected chi connectivity index (χ3v) is 3.75. The molecule has 1 aromatic carbocycles. The van der Waals surface area contributed by atoms with Crippen LogP contribution in [0.5, 0.6) is 0 Å². The maximum atomic E-state index is 10.6. The lowest BCUT2D eigenvalue weighted by atomic mass is 9.85. The van der Waals surface area contributed by atoms with E-state index in [9.17, 15) is 5.11 Å². The van der Waals surface area contributed by atoms with Gasteiger partial charge in [0.25, 0.3) is 0 Å². The molecule has 0 fully saturated rings. The molecule has 0 aliphatic heterocycles. The van der Waals surface area contributed by atoms with Gasteiger partial charge in [0.1, 0.15) is 0 Å². The highest BCUT2D eigenvalue weighted by molar-refractivity contribution is 5.82. The third kappa shape index (κ3) is 2.04. The SMILES string of the molecule is OC(c1cccc2ncccc12)C1CC=CCC1. The summed E-state index contributed by atoms with van der Waals surface area (Å²) in [6.07, 6.45) is 8.90. The fraction of sp³-hybridized carbons (Fsp3) is 0.312. The van der Waals surface area contributed by atoms with Crippen molar-refractivity contribution < 1.29 is 5.11 Å². The van der Waals surface area contributed by atoms with Crippen molar-refractivity contribution in [2.75, 3.05) is 0 Å². The lowest BCUT2D eigenvalue weighted by molar-refractivity contribution is 0.104. The summed E-state index contributed by atoms with van der Waals surface area (Å²) in [6.45, 7) is 0. The molecule has 3 rings (SSSR count). The van der Waals surface area contributed by atoms with Crippen LogP contribution in [0.25, 0.3) is 10.9 Å². The van der Waals surface area contributed by atoms with Crippen LogP contribution >= 0.6 is 0 Å². The van der Waals surface area contributed by atoms with Crippen LogP contribution in [-0.4, -0.2) is 10.1 Å². The topological polar surface area (TPSA) is 33.1 Å². The van der Waals surface area contributed by atoms with Crippen LogP contribution in [-0.2, 0) is 0 Å². The highest BCUT2D eigenvalue weighted by atomic mass is 16.3. The predicted molar refractivity (Wildman–Crippen MR) is 73.2 cm³/mol. The highest BCUT2D eigenvalue weighted by Gasteiger charge is 2.22. The van der Waals surface area contributed by atoms with E-state index in [1.54, 1.807) is 6.20 Å². The Bertz CT molecular complexity index is 571. The summed E-state index contributed by atoms with van der Waals surface area (Å²) >= 11 is 0. The first-order chi connectivity index (χ1) is 8.86. The van der Waals surface area contributed by atoms with Crippen molar-refractivity contribution in [2.24, 2.45) is 5.92 Å². The molecule has 0 saturated carbocycles. The van der Waals surface area contributed by atoms with Crippen LogP contribution in [0.1, 0.15) is 30.9 Å². The molecule has 1 aliphatic carbocycles. The Balaban J connectivity index is 2.00. The minimum Gasteiger partial charge on any atom is -0.388 e. The van der Waals surface area contributed by atoms with Gasteiger partial charge in [-0.15, -0.1) is 0 Å². The summed E-state index contributed by atoms with van der Waals surface area (Å²) < 4.78 is 0. The lowest BCUT2D eigenvalue weighted by Crippen LogP contribution is -2.14. The van der Waals surface area contributed by atoms with Crippen molar-refractivity contribution in [3.05, 3.63) is 54.2 Å². The zero-order chi connectivity index (χ0) is 12.4. The Labute approximate surface area is 107 Å². The molecule has 1 heterocycles. The second-order valence-corrected chi connectivity index (χ2v) is 4.91. The van der Waals surface area contributed by atoms with E-state index in [2.05, 4.69) is 17.1 Å². The Kier molecular flexibility index (Phi) is 3.11. The van der Waals surface area contributed by atoms with Gasteiger partial charge in [0.05, 0.1) is 11.6 Å². The average molecular weight is 239 g/mol. The average Bonchev–Trinajstić information content (AvgIpc) is 2.47. The maximum Gasteiger partial charge on any atom is 0.0827 e. The van der Waals surface area contributed by atoms with Gasteiger partial charge in [-0.05, 0) is 42.9 Å². The van der Waals surface area contributed by atoms with E-state index in [0.717, 1.165) is 35.7 Å². The van der Waals surface area contributed by atoms with Gasteiger partial charge < -0.3 is 5.11 Å². The molecule has 0 bridgehead atoms. The van der Waals surface area contributed by atoms with Crippen molar-refractivity contribution in [3.8, 4) is 0 Å². The number of fused-ring (bicyclic) bond motifs is 1. The lowest BCUT2D eigenvalue weighted by Gasteiger charge is -2.24. The quantitative estimate of drug-likeness (QED) is 0.812. The Morgan fingerprint density at radius 2 is 2.11 bits per heavy atom. The maximum absolute atomic E-state index is 10.6. The molecule has 1 aliphatic rings. The zero-order valence-corrected chi connectivity index (χ0v) is 10.3.